The summed E-state index contributed by atoms with van der Waals surface area (Å²) in [6, 6.07) is 2.91. The largest absolute Gasteiger partial charge is 0.370 e. The van der Waals surface area contributed by atoms with Crippen LogP contribution in [0, 0.1) is 10.1 Å². The topological polar surface area (TPSA) is 132 Å². The van der Waals surface area contributed by atoms with Gasteiger partial charge in [-0.3, -0.25) is 14.9 Å². The molecule has 20 heavy (non-hydrogen) atoms. The molecule has 1 rings (SSSR count). The maximum atomic E-state index is 10.9. The number of aromatic nitrogens is 1. The quantitative estimate of drug-likeness (QED) is 0.338. The maximum absolute atomic E-state index is 10.9. The summed E-state index contributed by atoms with van der Waals surface area (Å²) in [4.78, 5) is 24.9. The van der Waals surface area contributed by atoms with E-state index in [1.54, 1.807) is 0 Å². The smallest absolute Gasteiger partial charge is 0.311 e. The van der Waals surface area contributed by atoms with Crippen LogP contribution in [-0.2, 0) is 9.53 Å². The minimum Gasteiger partial charge on any atom is -0.370 e. The molecular formula is C11H17N5O4. The Balaban J connectivity index is 2.62. The number of pyridine rings is 1. The average Bonchev–Trinajstić information content (AvgIpc) is 2.38. The van der Waals surface area contributed by atoms with Crippen molar-refractivity contribution in [3.63, 3.8) is 0 Å². The number of ether oxygens (including phenoxy) is 1. The van der Waals surface area contributed by atoms with Crippen molar-refractivity contribution in [3.05, 3.63) is 22.2 Å². The average molecular weight is 283 g/mol. The first kappa shape index (κ1) is 15.6. The van der Waals surface area contributed by atoms with E-state index < -0.39 is 10.8 Å². The van der Waals surface area contributed by atoms with Crippen molar-refractivity contribution < 1.29 is 14.5 Å². The molecule has 9 heteroatoms. The zero-order valence-corrected chi connectivity index (χ0v) is 11.1. The summed E-state index contributed by atoms with van der Waals surface area (Å²) in [5, 5.41) is 16.6. The van der Waals surface area contributed by atoms with Crippen molar-refractivity contribution in [1.82, 2.24) is 4.98 Å². The molecule has 0 aliphatic rings. The Hall–Kier alpha value is -2.42. The molecule has 0 unspecified atom stereocenters. The van der Waals surface area contributed by atoms with Gasteiger partial charge in [0.25, 0.3) is 0 Å². The summed E-state index contributed by atoms with van der Waals surface area (Å²) >= 11 is 0. The lowest BCUT2D eigenvalue weighted by Crippen LogP contribution is -2.21. The molecule has 4 N–H and O–H groups in total. The molecule has 110 valence electrons. The van der Waals surface area contributed by atoms with Gasteiger partial charge in [0.2, 0.25) is 11.7 Å². The van der Waals surface area contributed by atoms with Gasteiger partial charge in [-0.05, 0) is 13.0 Å². The SMILES string of the molecule is CCNc1ccc([N+](=O)[O-])c(NCCOCC(N)=O)n1. The number of anilines is 2. The Bertz CT molecular complexity index is 480. The lowest BCUT2D eigenvalue weighted by atomic mass is 10.3. The van der Waals surface area contributed by atoms with Crippen LogP contribution in [0.1, 0.15) is 6.92 Å². The van der Waals surface area contributed by atoms with Crippen molar-refractivity contribution >= 4 is 23.2 Å². The fourth-order valence-corrected chi connectivity index (χ4v) is 1.42. The fourth-order valence-electron chi connectivity index (χ4n) is 1.42. The molecule has 1 amide bonds. The minimum absolute atomic E-state index is 0.124. The predicted molar refractivity (Wildman–Crippen MR) is 73.6 cm³/mol. The van der Waals surface area contributed by atoms with Gasteiger partial charge in [0, 0.05) is 19.2 Å². The summed E-state index contributed by atoms with van der Waals surface area (Å²) in [5.74, 6) is 0.123. The number of carbonyl (C=O) groups is 1. The molecule has 0 bridgehead atoms. The summed E-state index contributed by atoms with van der Waals surface area (Å²) in [5.41, 5.74) is 4.79. The lowest BCUT2D eigenvalue weighted by Gasteiger charge is -2.08. The number of hydrogen-bond donors (Lipinski definition) is 3. The molecule has 9 nitrogen and oxygen atoms in total. The molecule has 0 aromatic carbocycles. The lowest BCUT2D eigenvalue weighted by molar-refractivity contribution is -0.384. The Kier molecular flexibility index (Phi) is 6.17. The van der Waals surface area contributed by atoms with Gasteiger partial charge in [0.15, 0.2) is 0 Å². The highest BCUT2D eigenvalue weighted by molar-refractivity contribution is 5.74. The number of primary amides is 1. The molecule has 1 aromatic rings. The fraction of sp³-hybridized carbons (Fsp3) is 0.455. The zero-order chi connectivity index (χ0) is 15.0. The number of nitrogens with two attached hydrogens (primary N) is 1. The van der Waals surface area contributed by atoms with Gasteiger partial charge in [0.1, 0.15) is 12.4 Å². The van der Waals surface area contributed by atoms with E-state index in [1.165, 1.54) is 12.1 Å². The van der Waals surface area contributed by atoms with Gasteiger partial charge in [-0.15, -0.1) is 0 Å². The van der Waals surface area contributed by atoms with E-state index in [4.69, 9.17) is 10.5 Å². The standard InChI is InChI=1S/C11H17N5O4/c1-2-13-10-4-3-8(16(18)19)11(15-10)14-5-6-20-7-9(12)17/h3-4H,2,5-7H2,1H3,(H2,12,17)(H2,13,14,15). The number of nitrogens with zero attached hydrogens (tertiary/aromatic N) is 2. The van der Waals surface area contributed by atoms with E-state index in [2.05, 4.69) is 15.6 Å². The van der Waals surface area contributed by atoms with Crippen LogP contribution < -0.4 is 16.4 Å². The van der Waals surface area contributed by atoms with Crippen molar-refractivity contribution in [3.8, 4) is 0 Å². The summed E-state index contributed by atoms with van der Waals surface area (Å²) in [6.07, 6.45) is 0. The van der Waals surface area contributed by atoms with Gasteiger partial charge >= 0.3 is 5.69 Å². The van der Waals surface area contributed by atoms with E-state index in [0.717, 1.165) is 0 Å². The second kappa shape index (κ2) is 7.89. The molecule has 0 saturated heterocycles. The predicted octanol–water partition coefficient (Wildman–Crippen LogP) is 0.335. The Morgan fingerprint density at radius 3 is 2.85 bits per heavy atom. The van der Waals surface area contributed by atoms with Crippen LogP contribution in [0.4, 0.5) is 17.3 Å². The van der Waals surface area contributed by atoms with Crippen LogP contribution in [0.2, 0.25) is 0 Å². The third-order valence-electron chi connectivity index (χ3n) is 2.21. The van der Waals surface area contributed by atoms with Crippen molar-refractivity contribution in [2.75, 3.05) is 36.9 Å². The Labute approximate surface area is 115 Å². The van der Waals surface area contributed by atoms with Gasteiger partial charge in [-0.1, -0.05) is 0 Å². The highest BCUT2D eigenvalue weighted by Gasteiger charge is 2.15. The number of hydrogen-bond acceptors (Lipinski definition) is 7. The first-order valence-corrected chi connectivity index (χ1v) is 6.03. The second-order valence-corrected chi connectivity index (χ2v) is 3.80. The van der Waals surface area contributed by atoms with E-state index in [0.29, 0.717) is 12.4 Å². The van der Waals surface area contributed by atoms with E-state index in [1.807, 2.05) is 6.92 Å². The van der Waals surface area contributed by atoms with Gasteiger partial charge in [0.05, 0.1) is 11.5 Å². The molecule has 0 fully saturated rings. The molecule has 0 saturated carbocycles. The Morgan fingerprint density at radius 1 is 1.50 bits per heavy atom. The van der Waals surface area contributed by atoms with Crippen LogP contribution in [0.5, 0.6) is 0 Å². The Morgan fingerprint density at radius 2 is 2.25 bits per heavy atom. The normalized spacial score (nSPS) is 10.1. The van der Waals surface area contributed by atoms with Crippen LogP contribution in [0.25, 0.3) is 0 Å². The van der Waals surface area contributed by atoms with E-state index in [9.17, 15) is 14.9 Å². The van der Waals surface area contributed by atoms with E-state index in [-0.39, 0.29) is 31.3 Å². The van der Waals surface area contributed by atoms with Crippen molar-refractivity contribution in [2.45, 2.75) is 6.92 Å². The number of nitro groups is 1. The first-order chi connectivity index (χ1) is 9.54. The second-order valence-electron chi connectivity index (χ2n) is 3.80. The minimum atomic E-state index is -0.566. The van der Waals surface area contributed by atoms with Gasteiger partial charge < -0.3 is 21.1 Å². The third kappa shape index (κ3) is 5.06. The molecular weight excluding hydrogens is 266 g/mol. The maximum Gasteiger partial charge on any atom is 0.311 e. The molecule has 0 spiro atoms. The zero-order valence-electron chi connectivity index (χ0n) is 11.1. The van der Waals surface area contributed by atoms with Crippen LogP contribution in [0.3, 0.4) is 0 Å². The summed E-state index contributed by atoms with van der Waals surface area (Å²) in [7, 11) is 0. The van der Waals surface area contributed by atoms with Crippen LogP contribution in [-0.4, -0.2) is 42.1 Å². The number of nitrogens with one attached hydrogen (secondary N) is 2. The molecule has 0 radical (unpaired) electrons. The first-order valence-electron chi connectivity index (χ1n) is 6.03. The molecule has 0 atom stereocenters. The number of amides is 1. The van der Waals surface area contributed by atoms with Crippen LogP contribution >= 0.6 is 0 Å². The molecule has 0 aliphatic heterocycles. The summed E-state index contributed by atoms with van der Waals surface area (Å²) in [6.45, 7) is 2.83. The highest BCUT2D eigenvalue weighted by Crippen LogP contribution is 2.23. The highest BCUT2D eigenvalue weighted by atomic mass is 16.6. The molecule has 1 aromatic heterocycles. The van der Waals surface area contributed by atoms with Crippen LogP contribution in [0.15, 0.2) is 12.1 Å². The van der Waals surface area contributed by atoms with Gasteiger partial charge in [-0.25, -0.2) is 4.98 Å². The van der Waals surface area contributed by atoms with Crippen molar-refractivity contribution in [1.29, 1.82) is 0 Å². The molecule has 1 heterocycles. The van der Waals surface area contributed by atoms with Crippen molar-refractivity contribution in [2.24, 2.45) is 5.73 Å². The van der Waals surface area contributed by atoms with Gasteiger partial charge in [-0.2, -0.15) is 0 Å². The molecule has 0 aliphatic carbocycles. The summed E-state index contributed by atoms with van der Waals surface area (Å²) < 4.78 is 4.94. The number of rotatable bonds is 9. The number of carbonyl (C=O) groups excluding carboxylic acids is 1. The van der Waals surface area contributed by atoms with E-state index >= 15 is 0 Å². The third-order valence-corrected chi connectivity index (χ3v) is 2.21. The monoisotopic (exact) mass is 283 g/mol.